The lowest BCUT2D eigenvalue weighted by molar-refractivity contribution is -0.140. The zero-order chi connectivity index (χ0) is 16.4. The highest BCUT2D eigenvalue weighted by atomic mass is 35.5. The van der Waals surface area contributed by atoms with Crippen molar-refractivity contribution in [2.75, 3.05) is 19.6 Å². The van der Waals surface area contributed by atoms with Crippen LogP contribution in [0.5, 0.6) is 0 Å². The van der Waals surface area contributed by atoms with Gasteiger partial charge in [-0.05, 0) is 56.3 Å². The molecule has 0 aromatic carbocycles. The van der Waals surface area contributed by atoms with Gasteiger partial charge >= 0.3 is 0 Å². The molecule has 2 saturated carbocycles. The van der Waals surface area contributed by atoms with Gasteiger partial charge in [-0.3, -0.25) is 9.59 Å². The van der Waals surface area contributed by atoms with Crippen molar-refractivity contribution in [1.82, 2.24) is 10.2 Å². The van der Waals surface area contributed by atoms with Gasteiger partial charge in [0.1, 0.15) is 0 Å². The quantitative estimate of drug-likeness (QED) is 0.810. The molecule has 0 spiro atoms. The van der Waals surface area contributed by atoms with Gasteiger partial charge in [0.05, 0.1) is 0 Å². The van der Waals surface area contributed by atoms with Crippen LogP contribution in [0.2, 0.25) is 0 Å². The first-order valence-corrected chi connectivity index (χ1v) is 9.33. The molecular weight excluding hydrogens is 326 g/mol. The fraction of sp³-hybridized carbons (Fsp3) is 0.889. The summed E-state index contributed by atoms with van der Waals surface area (Å²) in [5.41, 5.74) is 6.35. The van der Waals surface area contributed by atoms with Gasteiger partial charge in [-0.15, -0.1) is 12.4 Å². The molecule has 2 aliphatic carbocycles. The second-order valence-electron chi connectivity index (χ2n) is 7.93. The molecule has 3 N–H and O–H groups in total. The topological polar surface area (TPSA) is 75.4 Å². The van der Waals surface area contributed by atoms with Gasteiger partial charge in [-0.1, -0.05) is 6.42 Å². The summed E-state index contributed by atoms with van der Waals surface area (Å²) in [4.78, 5) is 26.1. The summed E-state index contributed by atoms with van der Waals surface area (Å²) in [6, 6.07) is 0.321. The number of piperidine rings is 1. The first-order chi connectivity index (χ1) is 11.0. The Hall–Kier alpha value is -0.810. The van der Waals surface area contributed by atoms with Crippen LogP contribution < -0.4 is 11.1 Å². The van der Waals surface area contributed by atoms with Gasteiger partial charge in [0.2, 0.25) is 11.8 Å². The van der Waals surface area contributed by atoms with Crippen LogP contribution in [-0.4, -0.2) is 42.4 Å². The summed E-state index contributed by atoms with van der Waals surface area (Å²) < 4.78 is 0. The highest BCUT2D eigenvalue weighted by Gasteiger charge is 2.42. The molecule has 5 nitrogen and oxygen atoms in total. The number of carbonyl (C=O) groups is 2. The second kappa shape index (κ2) is 8.52. The molecule has 1 heterocycles. The van der Waals surface area contributed by atoms with Crippen LogP contribution in [0, 0.1) is 23.7 Å². The van der Waals surface area contributed by atoms with Crippen molar-refractivity contribution in [1.29, 1.82) is 0 Å². The standard InChI is InChI=1S/C18H31N3O2.ClH/c1-12(22)20-10-13-4-3-7-21(11-13)18(23)16-8-14-5-2-6-15(9-16)17(14)19;/h13-17H,2-11,19H2,1H3,(H,20,22);1H. The molecule has 3 fully saturated rings. The Labute approximate surface area is 151 Å². The predicted molar refractivity (Wildman–Crippen MR) is 96.8 cm³/mol. The van der Waals surface area contributed by atoms with Crippen molar-refractivity contribution in [3.05, 3.63) is 0 Å². The number of nitrogens with zero attached hydrogens (tertiary/aromatic N) is 1. The molecule has 0 aromatic heterocycles. The lowest BCUT2D eigenvalue weighted by Gasteiger charge is -2.45. The third kappa shape index (κ3) is 4.42. The average Bonchev–Trinajstić information content (AvgIpc) is 2.52. The Morgan fingerprint density at radius 2 is 1.79 bits per heavy atom. The number of halogens is 1. The van der Waals surface area contributed by atoms with Crippen LogP contribution in [0.4, 0.5) is 0 Å². The van der Waals surface area contributed by atoms with Crippen molar-refractivity contribution in [3.8, 4) is 0 Å². The molecule has 138 valence electrons. The van der Waals surface area contributed by atoms with Gasteiger partial charge in [0.25, 0.3) is 0 Å². The van der Waals surface area contributed by atoms with Crippen LogP contribution in [0.3, 0.4) is 0 Å². The maximum absolute atomic E-state index is 13.0. The van der Waals surface area contributed by atoms with E-state index in [0.717, 1.165) is 38.8 Å². The van der Waals surface area contributed by atoms with E-state index in [4.69, 9.17) is 5.73 Å². The normalized spacial score (nSPS) is 35.8. The maximum atomic E-state index is 13.0. The zero-order valence-corrected chi connectivity index (χ0v) is 15.5. The number of rotatable bonds is 3. The molecule has 3 unspecified atom stereocenters. The largest absolute Gasteiger partial charge is 0.356 e. The first-order valence-electron chi connectivity index (χ1n) is 9.33. The van der Waals surface area contributed by atoms with E-state index in [2.05, 4.69) is 10.2 Å². The Balaban J connectivity index is 0.00000208. The third-order valence-corrected chi connectivity index (χ3v) is 6.23. The summed E-state index contributed by atoms with van der Waals surface area (Å²) in [5.74, 6) is 2.06. The van der Waals surface area contributed by atoms with Gasteiger partial charge in [-0.25, -0.2) is 0 Å². The SMILES string of the molecule is CC(=O)NCC1CCCN(C(=O)C2CC3CCCC(C2)C3N)C1.Cl. The molecule has 2 amide bonds. The number of hydrogen-bond donors (Lipinski definition) is 2. The van der Waals surface area contributed by atoms with Crippen LogP contribution in [0.25, 0.3) is 0 Å². The molecule has 24 heavy (non-hydrogen) atoms. The number of likely N-dealkylation sites (tertiary alicyclic amines) is 1. The zero-order valence-electron chi connectivity index (χ0n) is 14.7. The van der Waals surface area contributed by atoms with E-state index in [9.17, 15) is 9.59 Å². The molecule has 0 aromatic rings. The number of nitrogens with two attached hydrogens (primary N) is 1. The van der Waals surface area contributed by atoms with E-state index < -0.39 is 0 Å². The Bertz CT molecular complexity index is 446. The van der Waals surface area contributed by atoms with E-state index in [-0.39, 0.29) is 24.2 Å². The van der Waals surface area contributed by atoms with Crippen molar-refractivity contribution in [2.45, 2.75) is 57.9 Å². The van der Waals surface area contributed by atoms with Crippen molar-refractivity contribution < 1.29 is 9.59 Å². The summed E-state index contributed by atoms with van der Waals surface area (Å²) in [6.07, 6.45) is 7.82. The molecule has 3 atom stereocenters. The minimum absolute atomic E-state index is 0. The monoisotopic (exact) mass is 357 g/mol. The maximum Gasteiger partial charge on any atom is 0.225 e. The number of fused-ring (bicyclic) bond motifs is 2. The summed E-state index contributed by atoms with van der Waals surface area (Å²) >= 11 is 0. The number of amides is 2. The van der Waals surface area contributed by atoms with Crippen molar-refractivity contribution >= 4 is 24.2 Å². The molecule has 2 bridgehead atoms. The Morgan fingerprint density at radius 3 is 2.42 bits per heavy atom. The highest BCUT2D eigenvalue weighted by molar-refractivity contribution is 5.85. The molecule has 1 saturated heterocycles. The summed E-state index contributed by atoms with van der Waals surface area (Å²) in [6.45, 7) is 3.93. The fourth-order valence-electron chi connectivity index (χ4n) is 4.97. The number of hydrogen-bond acceptors (Lipinski definition) is 3. The number of nitrogens with one attached hydrogen (secondary N) is 1. The second-order valence-corrected chi connectivity index (χ2v) is 7.93. The van der Waals surface area contributed by atoms with E-state index in [1.54, 1.807) is 6.92 Å². The lowest BCUT2D eigenvalue weighted by Crippen LogP contribution is -2.51. The molecule has 3 rings (SSSR count). The lowest BCUT2D eigenvalue weighted by atomic mass is 9.65. The first kappa shape index (κ1) is 19.5. The van der Waals surface area contributed by atoms with E-state index in [1.807, 2.05) is 0 Å². The van der Waals surface area contributed by atoms with Gasteiger partial charge in [0.15, 0.2) is 0 Å². The Kier molecular flexibility index (Phi) is 6.93. The van der Waals surface area contributed by atoms with E-state index in [1.165, 1.54) is 19.3 Å². The predicted octanol–water partition coefficient (Wildman–Crippen LogP) is 1.94. The molecular formula is C18H32ClN3O2. The average molecular weight is 358 g/mol. The Morgan fingerprint density at radius 1 is 1.12 bits per heavy atom. The van der Waals surface area contributed by atoms with Gasteiger partial charge < -0.3 is 16.0 Å². The molecule has 1 aliphatic heterocycles. The van der Waals surface area contributed by atoms with Gasteiger partial charge in [-0.2, -0.15) is 0 Å². The van der Waals surface area contributed by atoms with Crippen LogP contribution in [-0.2, 0) is 9.59 Å². The summed E-state index contributed by atoms with van der Waals surface area (Å²) in [5, 5.41) is 2.90. The third-order valence-electron chi connectivity index (χ3n) is 6.23. The van der Waals surface area contributed by atoms with E-state index in [0.29, 0.717) is 36.2 Å². The van der Waals surface area contributed by atoms with Gasteiger partial charge in [0, 0.05) is 38.5 Å². The highest BCUT2D eigenvalue weighted by Crippen LogP contribution is 2.42. The fourth-order valence-corrected chi connectivity index (χ4v) is 4.97. The van der Waals surface area contributed by atoms with Crippen LogP contribution in [0.15, 0.2) is 0 Å². The van der Waals surface area contributed by atoms with Crippen molar-refractivity contribution in [3.63, 3.8) is 0 Å². The summed E-state index contributed by atoms with van der Waals surface area (Å²) in [7, 11) is 0. The minimum atomic E-state index is 0. The molecule has 0 radical (unpaired) electrons. The number of carbonyl (C=O) groups excluding carboxylic acids is 2. The van der Waals surface area contributed by atoms with Crippen LogP contribution in [0.1, 0.15) is 51.9 Å². The van der Waals surface area contributed by atoms with Crippen LogP contribution >= 0.6 is 12.4 Å². The minimum Gasteiger partial charge on any atom is -0.356 e. The van der Waals surface area contributed by atoms with E-state index >= 15 is 0 Å². The molecule has 3 aliphatic rings. The smallest absolute Gasteiger partial charge is 0.225 e. The molecule has 6 heteroatoms. The van der Waals surface area contributed by atoms with Crippen molar-refractivity contribution in [2.24, 2.45) is 29.4 Å².